The van der Waals surface area contributed by atoms with Crippen LogP contribution in [0.2, 0.25) is 0 Å². The molecule has 0 aromatic rings. The summed E-state index contributed by atoms with van der Waals surface area (Å²) in [6, 6.07) is -0.943. The van der Waals surface area contributed by atoms with Crippen LogP contribution < -0.4 is 5.32 Å². The molecule has 74 heavy (non-hydrogen) atoms. The third-order valence-electron chi connectivity index (χ3n) is 13.0. The van der Waals surface area contributed by atoms with Crippen molar-refractivity contribution in [3.63, 3.8) is 0 Å². The van der Waals surface area contributed by atoms with Crippen LogP contribution >= 0.6 is 0 Å². The Morgan fingerprint density at radius 2 is 0.959 bits per heavy atom. The van der Waals surface area contributed by atoms with Crippen LogP contribution in [0, 0.1) is 0 Å². The minimum atomic E-state index is -1.80. The fourth-order valence-electron chi connectivity index (χ4n) is 8.51. The van der Waals surface area contributed by atoms with Gasteiger partial charge < -0.3 is 65.1 Å². The Bertz CT molecular complexity index is 1650. The second kappa shape index (κ2) is 44.7. The summed E-state index contributed by atoms with van der Waals surface area (Å²) in [6.07, 6.45) is 46.0. The molecule has 2 saturated heterocycles. The molecule has 2 aliphatic heterocycles. The monoisotopic (exact) mass is 1040 g/mol. The molecule has 14 nitrogen and oxygen atoms in total. The molecule has 0 saturated carbocycles. The summed E-state index contributed by atoms with van der Waals surface area (Å²) in [7, 11) is 0. The normalized spacial score (nSPS) is 26.1. The Morgan fingerprint density at radius 1 is 0.514 bits per heavy atom. The maximum absolute atomic E-state index is 13.2. The van der Waals surface area contributed by atoms with Gasteiger partial charge in [0.05, 0.1) is 32.0 Å². The first kappa shape index (κ1) is 66.8. The van der Waals surface area contributed by atoms with E-state index >= 15 is 0 Å². The summed E-state index contributed by atoms with van der Waals surface area (Å²) >= 11 is 0. The Balaban J connectivity index is 1.66. The van der Waals surface area contributed by atoms with Crippen LogP contribution in [0.3, 0.4) is 0 Å². The summed E-state index contributed by atoms with van der Waals surface area (Å²) in [6.45, 7) is 2.38. The molecule has 14 heteroatoms. The number of rotatable bonds is 42. The molecular formula is C60H99NO13. The first-order valence-electron chi connectivity index (χ1n) is 28.1. The van der Waals surface area contributed by atoms with E-state index in [0.717, 1.165) is 83.5 Å². The van der Waals surface area contributed by atoms with E-state index in [0.29, 0.717) is 12.8 Å². The van der Waals surface area contributed by atoms with Crippen molar-refractivity contribution in [2.45, 2.75) is 242 Å². The zero-order chi connectivity index (χ0) is 53.9. The number of unbranched alkanes of at least 4 members (excludes halogenated alkanes) is 14. The van der Waals surface area contributed by atoms with E-state index in [9.17, 15) is 45.6 Å². The Hall–Kier alpha value is -3.35. The van der Waals surface area contributed by atoms with E-state index in [1.54, 1.807) is 6.08 Å². The second-order valence-electron chi connectivity index (χ2n) is 19.3. The van der Waals surface area contributed by atoms with Crippen molar-refractivity contribution in [2.24, 2.45) is 0 Å². The summed E-state index contributed by atoms with van der Waals surface area (Å²) in [5.41, 5.74) is 0. The lowest BCUT2D eigenvalue weighted by Gasteiger charge is -2.46. The van der Waals surface area contributed by atoms with Gasteiger partial charge in [-0.25, -0.2) is 0 Å². The number of aliphatic hydroxyl groups excluding tert-OH is 8. The van der Waals surface area contributed by atoms with Gasteiger partial charge in [-0.2, -0.15) is 0 Å². The van der Waals surface area contributed by atoms with Gasteiger partial charge in [0.2, 0.25) is 5.91 Å². The molecule has 2 rings (SSSR count). The third kappa shape index (κ3) is 30.4. The highest BCUT2D eigenvalue weighted by Crippen LogP contribution is 2.30. The molecular weight excluding hydrogens is 943 g/mol. The highest BCUT2D eigenvalue weighted by Gasteiger charge is 2.51. The van der Waals surface area contributed by atoms with Crippen LogP contribution in [0.25, 0.3) is 0 Å². The van der Waals surface area contributed by atoms with Crippen molar-refractivity contribution in [2.75, 3.05) is 19.8 Å². The lowest BCUT2D eigenvalue weighted by molar-refractivity contribution is -0.359. The van der Waals surface area contributed by atoms with Crippen LogP contribution in [0.4, 0.5) is 0 Å². The molecule has 12 atom stereocenters. The van der Waals surface area contributed by atoms with Crippen LogP contribution in [-0.4, -0.2) is 140 Å². The summed E-state index contributed by atoms with van der Waals surface area (Å²) in [4.78, 5) is 13.2. The van der Waals surface area contributed by atoms with Crippen molar-refractivity contribution < 1.29 is 64.6 Å². The number of hydrogen-bond donors (Lipinski definition) is 9. The van der Waals surface area contributed by atoms with E-state index < -0.39 is 86.8 Å². The van der Waals surface area contributed by atoms with E-state index in [1.165, 1.54) is 51.4 Å². The molecule has 0 spiro atoms. The van der Waals surface area contributed by atoms with Crippen LogP contribution in [0.5, 0.6) is 0 Å². The molecule has 0 radical (unpaired) electrons. The zero-order valence-electron chi connectivity index (χ0n) is 45.0. The van der Waals surface area contributed by atoms with Gasteiger partial charge in [0, 0.05) is 6.42 Å². The molecule has 0 aliphatic carbocycles. The van der Waals surface area contributed by atoms with Crippen molar-refractivity contribution in [3.05, 3.63) is 109 Å². The van der Waals surface area contributed by atoms with Gasteiger partial charge in [-0.3, -0.25) is 4.79 Å². The van der Waals surface area contributed by atoms with Crippen LogP contribution in [-0.2, 0) is 23.7 Å². The predicted octanol–water partition coefficient (Wildman–Crippen LogP) is 8.88. The number of ether oxygens (including phenoxy) is 4. The first-order valence-corrected chi connectivity index (χ1v) is 28.1. The first-order chi connectivity index (χ1) is 36.1. The number of nitrogens with one attached hydrogen (secondary N) is 1. The molecule has 2 heterocycles. The number of hydrogen-bond acceptors (Lipinski definition) is 13. The Kier molecular flexibility index (Phi) is 40.4. The topological polar surface area (TPSA) is 228 Å². The number of amides is 1. The largest absolute Gasteiger partial charge is 0.394 e. The van der Waals surface area contributed by atoms with E-state index in [-0.39, 0.29) is 18.9 Å². The number of allylic oxidation sites excluding steroid dienone is 17. The lowest BCUT2D eigenvalue weighted by atomic mass is 9.97. The van der Waals surface area contributed by atoms with Crippen molar-refractivity contribution >= 4 is 5.91 Å². The fourth-order valence-corrected chi connectivity index (χ4v) is 8.51. The smallest absolute Gasteiger partial charge is 0.220 e. The average Bonchev–Trinajstić information content (AvgIpc) is 3.40. The molecule has 1 amide bonds. The summed E-state index contributed by atoms with van der Waals surface area (Å²) in [5, 5.41) is 86.6. The maximum atomic E-state index is 13.2. The molecule has 422 valence electrons. The minimum absolute atomic E-state index is 0.260. The van der Waals surface area contributed by atoms with Crippen molar-refractivity contribution in [1.82, 2.24) is 5.32 Å². The quantitative estimate of drug-likeness (QED) is 0.0206. The van der Waals surface area contributed by atoms with Gasteiger partial charge in [-0.15, -0.1) is 0 Å². The van der Waals surface area contributed by atoms with Gasteiger partial charge in [-0.05, 0) is 90.4 Å². The maximum Gasteiger partial charge on any atom is 0.220 e. The molecule has 2 aliphatic rings. The third-order valence-corrected chi connectivity index (χ3v) is 13.0. The predicted molar refractivity (Wildman–Crippen MR) is 295 cm³/mol. The Labute approximate surface area is 445 Å². The van der Waals surface area contributed by atoms with Gasteiger partial charge in [-0.1, -0.05) is 181 Å². The second-order valence-corrected chi connectivity index (χ2v) is 19.3. The Morgan fingerprint density at radius 3 is 1.49 bits per heavy atom. The molecule has 0 aromatic carbocycles. The summed E-state index contributed by atoms with van der Waals surface area (Å²) in [5.74, 6) is -0.265. The van der Waals surface area contributed by atoms with E-state index in [4.69, 9.17) is 18.9 Å². The molecule has 0 aromatic heterocycles. The SMILES string of the molecule is C/C=C/CC/C=C/CC/C=C/C(O)C(COC1OC(CO)C(OC2OC(CO)C(O)C(O)C2O)C(O)C1O)NC(=O)CCCCCCCCCCCCCC/C=C\C/C=C\C/C=C\C/C=C\C/C=C\C/C=C\CC. The van der Waals surface area contributed by atoms with Crippen molar-refractivity contribution in [3.8, 4) is 0 Å². The molecule has 12 unspecified atom stereocenters. The van der Waals surface area contributed by atoms with Gasteiger partial charge >= 0.3 is 0 Å². The standard InChI is InChI=1S/C60H99NO13/c1-3-5-7-9-11-13-14-15-16-17-18-19-20-21-22-23-24-25-26-27-28-29-30-31-32-33-34-36-38-40-42-44-52(65)61-48(49(64)43-41-39-37-35-12-10-8-6-4-2)47-71-59-57(70)55(68)58(51(46-63)73-59)74-60-56(69)54(67)53(66)50(45-62)72-60/h4-7,11-13,15-16,18-19,21-22,24-25,35,41,43,48-51,53-60,62-64,66-70H,3,8-10,14,17,20,23,26-34,36-40,42,44-47H2,1-2H3,(H,61,65)/b6-4+,7-5-,13-11-,16-15-,19-18-,22-21-,25-24-,35-12+,43-41+. The molecule has 0 bridgehead atoms. The van der Waals surface area contributed by atoms with E-state index in [1.807, 2.05) is 19.1 Å². The van der Waals surface area contributed by atoms with Crippen LogP contribution in [0.15, 0.2) is 109 Å². The van der Waals surface area contributed by atoms with Gasteiger partial charge in [0.15, 0.2) is 12.6 Å². The number of carbonyl (C=O) groups is 1. The number of carbonyl (C=O) groups excluding carboxylic acids is 1. The highest BCUT2D eigenvalue weighted by molar-refractivity contribution is 5.76. The lowest BCUT2D eigenvalue weighted by Crippen LogP contribution is -2.65. The zero-order valence-corrected chi connectivity index (χ0v) is 45.0. The van der Waals surface area contributed by atoms with Gasteiger partial charge in [0.1, 0.15) is 48.8 Å². The van der Waals surface area contributed by atoms with Crippen LogP contribution in [0.1, 0.15) is 168 Å². The minimum Gasteiger partial charge on any atom is -0.394 e. The average molecular weight is 1040 g/mol. The summed E-state index contributed by atoms with van der Waals surface area (Å²) < 4.78 is 22.6. The highest BCUT2D eigenvalue weighted by atomic mass is 16.7. The van der Waals surface area contributed by atoms with E-state index in [2.05, 4.69) is 103 Å². The van der Waals surface area contributed by atoms with Crippen molar-refractivity contribution in [1.29, 1.82) is 0 Å². The molecule has 9 N–H and O–H groups in total. The number of aliphatic hydroxyl groups is 8. The van der Waals surface area contributed by atoms with Gasteiger partial charge in [0.25, 0.3) is 0 Å². The molecule has 2 fully saturated rings. The fraction of sp³-hybridized carbons (Fsp3) is 0.683.